The lowest BCUT2D eigenvalue weighted by Gasteiger charge is -2.16. The molecule has 0 aromatic carbocycles. The summed E-state index contributed by atoms with van der Waals surface area (Å²) in [6.45, 7) is 1.79. The van der Waals surface area contributed by atoms with Gasteiger partial charge in [0.1, 0.15) is 0 Å². The molecule has 18 heavy (non-hydrogen) atoms. The highest BCUT2D eigenvalue weighted by atomic mass is 16.3. The monoisotopic (exact) mass is 250 g/mol. The molecule has 2 saturated carbocycles. The van der Waals surface area contributed by atoms with Crippen LogP contribution in [-0.4, -0.2) is 32.7 Å². The third-order valence-electron chi connectivity index (χ3n) is 3.91. The van der Waals surface area contributed by atoms with E-state index >= 15 is 0 Å². The van der Waals surface area contributed by atoms with Crippen LogP contribution in [0.15, 0.2) is 6.20 Å². The van der Waals surface area contributed by atoms with Gasteiger partial charge < -0.3 is 10.4 Å². The lowest BCUT2D eigenvalue weighted by molar-refractivity contribution is 0.276. The van der Waals surface area contributed by atoms with Gasteiger partial charge in [-0.3, -0.25) is 4.68 Å². The third-order valence-corrected chi connectivity index (χ3v) is 3.91. The summed E-state index contributed by atoms with van der Waals surface area (Å²) in [6, 6.07) is 0.715. The van der Waals surface area contributed by atoms with Gasteiger partial charge in [-0.2, -0.15) is 0 Å². The van der Waals surface area contributed by atoms with E-state index in [1.54, 1.807) is 0 Å². The Bertz CT molecular complexity index is 372. The van der Waals surface area contributed by atoms with E-state index in [4.69, 9.17) is 5.11 Å². The molecule has 1 aromatic heterocycles. The van der Waals surface area contributed by atoms with Gasteiger partial charge >= 0.3 is 0 Å². The van der Waals surface area contributed by atoms with Crippen LogP contribution in [0, 0.1) is 11.8 Å². The summed E-state index contributed by atoms with van der Waals surface area (Å²) in [5.41, 5.74) is 1.01. The maximum absolute atomic E-state index is 8.77. The van der Waals surface area contributed by atoms with Crippen molar-refractivity contribution >= 4 is 0 Å². The van der Waals surface area contributed by atoms with E-state index in [1.807, 2.05) is 10.9 Å². The average molecular weight is 250 g/mol. The van der Waals surface area contributed by atoms with Crippen LogP contribution in [0.2, 0.25) is 0 Å². The van der Waals surface area contributed by atoms with E-state index in [9.17, 15) is 0 Å². The molecule has 0 unspecified atom stereocenters. The Labute approximate surface area is 108 Å². The number of nitrogens with one attached hydrogen (secondary N) is 1. The van der Waals surface area contributed by atoms with Crippen molar-refractivity contribution in [2.75, 3.05) is 6.61 Å². The molecular formula is C13H22N4O. The summed E-state index contributed by atoms with van der Waals surface area (Å²) < 4.78 is 1.82. The van der Waals surface area contributed by atoms with Gasteiger partial charge in [-0.1, -0.05) is 5.21 Å². The maximum Gasteiger partial charge on any atom is 0.0964 e. The van der Waals surface area contributed by atoms with Crippen molar-refractivity contribution in [2.24, 2.45) is 11.8 Å². The highest BCUT2D eigenvalue weighted by molar-refractivity contribution is 4.99. The number of hydrogen-bond acceptors (Lipinski definition) is 4. The molecule has 2 N–H and O–H groups in total. The summed E-state index contributed by atoms with van der Waals surface area (Å²) >= 11 is 0. The fraction of sp³-hybridized carbons (Fsp3) is 0.846. The molecule has 0 aliphatic heterocycles. The Morgan fingerprint density at radius 1 is 1.33 bits per heavy atom. The Balaban J connectivity index is 1.47. The third kappa shape index (κ3) is 3.09. The van der Waals surface area contributed by atoms with Crippen LogP contribution in [0.25, 0.3) is 0 Å². The Morgan fingerprint density at radius 3 is 2.67 bits per heavy atom. The molecule has 2 aliphatic rings. The second kappa shape index (κ2) is 5.36. The van der Waals surface area contributed by atoms with E-state index in [0.717, 1.165) is 37.0 Å². The lowest BCUT2D eigenvalue weighted by atomic mass is 10.1. The molecule has 0 saturated heterocycles. The fourth-order valence-corrected chi connectivity index (χ4v) is 2.61. The summed E-state index contributed by atoms with van der Waals surface area (Å²) in [6.07, 6.45) is 8.33. The number of aliphatic hydroxyl groups excluding tert-OH is 1. The van der Waals surface area contributed by atoms with Crippen LogP contribution in [0.3, 0.4) is 0 Å². The Hall–Kier alpha value is -0.940. The van der Waals surface area contributed by atoms with Crippen molar-refractivity contribution in [2.45, 2.75) is 51.2 Å². The summed E-state index contributed by atoms with van der Waals surface area (Å²) in [4.78, 5) is 0. The van der Waals surface area contributed by atoms with E-state index in [0.29, 0.717) is 6.04 Å². The minimum absolute atomic E-state index is 0.207. The summed E-state index contributed by atoms with van der Waals surface area (Å²) in [7, 11) is 0. The molecule has 2 fully saturated rings. The molecule has 0 amide bonds. The Kier molecular flexibility index (Phi) is 3.61. The summed E-state index contributed by atoms with van der Waals surface area (Å²) in [5, 5.41) is 20.7. The van der Waals surface area contributed by atoms with Crippen LogP contribution in [0.1, 0.15) is 37.8 Å². The molecule has 100 valence electrons. The van der Waals surface area contributed by atoms with Gasteiger partial charge in [0, 0.05) is 31.9 Å². The van der Waals surface area contributed by atoms with Gasteiger partial charge in [0.25, 0.3) is 0 Å². The summed E-state index contributed by atoms with van der Waals surface area (Å²) in [5.74, 6) is 1.84. The zero-order valence-corrected chi connectivity index (χ0v) is 10.8. The number of nitrogens with zero attached hydrogens (tertiary/aromatic N) is 3. The zero-order valence-electron chi connectivity index (χ0n) is 10.8. The molecule has 3 rings (SSSR count). The van der Waals surface area contributed by atoms with Crippen LogP contribution >= 0.6 is 0 Å². The highest BCUT2D eigenvalue weighted by Gasteiger charge is 2.40. The smallest absolute Gasteiger partial charge is 0.0964 e. The predicted molar refractivity (Wildman–Crippen MR) is 67.8 cm³/mol. The second-order valence-corrected chi connectivity index (χ2v) is 5.63. The van der Waals surface area contributed by atoms with Crippen LogP contribution in [0.4, 0.5) is 0 Å². The molecule has 1 aromatic rings. The number of hydrogen-bond donors (Lipinski definition) is 2. The molecular weight excluding hydrogens is 228 g/mol. The van der Waals surface area contributed by atoms with E-state index in [1.165, 1.54) is 25.7 Å². The predicted octanol–water partition coefficient (Wildman–Crippen LogP) is 0.939. The van der Waals surface area contributed by atoms with Crippen LogP contribution in [-0.2, 0) is 13.1 Å². The standard InChI is InChI=1S/C13H22N4O/c18-7-1-6-17-9-12(15-16-17)8-14-13(10-2-3-10)11-4-5-11/h9-11,13-14,18H,1-8H2. The van der Waals surface area contributed by atoms with Crippen molar-refractivity contribution in [1.29, 1.82) is 0 Å². The molecule has 5 nitrogen and oxygen atoms in total. The van der Waals surface area contributed by atoms with Crippen molar-refractivity contribution in [3.05, 3.63) is 11.9 Å². The first kappa shape index (κ1) is 12.1. The van der Waals surface area contributed by atoms with Gasteiger partial charge in [0.15, 0.2) is 0 Å². The zero-order chi connectivity index (χ0) is 12.4. The quantitative estimate of drug-likeness (QED) is 0.721. The van der Waals surface area contributed by atoms with Crippen molar-refractivity contribution in [1.82, 2.24) is 20.3 Å². The Morgan fingerprint density at radius 2 is 2.06 bits per heavy atom. The minimum Gasteiger partial charge on any atom is -0.396 e. The first-order valence-corrected chi connectivity index (χ1v) is 7.10. The highest BCUT2D eigenvalue weighted by Crippen LogP contribution is 2.44. The number of rotatable bonds is 8. The van der Waals surface area contributed by atoms with E-state index in [-0.39, 0.29) is 6.61 Å². The average Bonchev–Trinajstić information content (AvgIpc) is 3.28. The molecule has 0 radical (unpaired) electrons. The van der Waals surface area contributed by atoms with Gasteiger partial charge in [-0.25, -0.2) is 0 Å². The first-order chi connectivity index (χ1) is 8.86. The number of aliphatic hydroxyl groups is 1. The van der Waals surface area contributed by atoms with Crippen molar-refractivity contribution < 1.29 is 5.11 Å². The number of aromatic nitrogens is 3. The number of aryl methyl sites for hydroxylation is 1. The molecule has 0 bridgehead atoms. The molecule has 0 atom stereocenters. The molecule has 5 heteroatoms. The van der Waals surface area contributed by atoms with Gasteiger partial charge in [-0.05, 0) is 43.9 Å². The van der Waals surface area contributed by atoms with Crippen molar-refractivity contribution in [3.63, 3.8) is 0 Å². The minimum atomic E-state index is 0.207. The van der Waals surface area contributed by atoms with Crippen LogP contribution in [0.5, 0.6) is 0 Å². The van der Waals surface area contributed by atoms with Gasteiger partial charge in [0.2, 0.25) is 0 Å². The fourth-order valence-electron chi connectivity index (χ4n) is 2.61. The normalized spacial score (nSPS) is 19.7. The second-order valence-electron chi connectivity index (χ2n) is 5.63. The lowest BCUT2D eigenvalue weighted by Crippen LogP contribution is -2.32. The van der Waals surface area contributed by atoms with Gasteiger partial charge in [-0.15, -0.1) is 5.10 Å². The SMILES string of the molecule is OCCCn1cc(CNC(C2CC2)C2CC2)nn1. The van der Waals surface area contributed by atoms with E-state index < -0.39 is 0 Å². The topological polar surface area (TPSA) is 63.0 Å². The maximum atomic E-state index is 8.77. The van der Waals surface area contributed by atoms with Crippen molar-refractivity contribution in [3.8, 4) is 0 Å². The van der Waals surface area contributed by atoms with E-state index in [2.05, 4.69) is 15.6 Å². The van der Waals surface area contributed by atoms with Crippen LogP contribution < -0.4 is 5.32 Å². The van der Waals surface area contributed by atoms with Gasteiger partial charge in [0.05, 0.1) is 5.69 Å². The first-order valence-electron chi connectivity index (χ1n) is 7.10. The largest absolute Gasteiger partial charge is 0.396 e. The molecule has 0 spiro atoms. The molecule has 1 heterocycles. The molecule has 2 aliphatic carbocycles.